The highest BCUT2D eigenvalue weighted by Gasteiger charge is 2.65. The number of hydrogen-bond acceptors (Lipinski definition) is 5. The zero-order valence-corrected chi connectivity index (χ0v) is 23.1. The molecular formula is C31H29F3N4O4. The van der Waals surface area contributed by atoms with Crippen LogP contribution in [0, 0.1) is 0 Å². The highest BCUT2D eigenvalue weighted by molar-refractivity contribution is 6.10. The summed E-state index contributed by atoms with van der Waals surface area (Å²) in [5.74, 6) is -1.81. The van der Waals surface area contributed by atoms with Crippen LogP contribution in [0.15, 0.2) is 60.7 Å². The second-order valence-electron chi connectivity index (χ2n) is 10.6. The lowest BCUT2D eigenvalue weighted by atomic mass is 9.91. The Bertz CT molecular complexity index is 1680. The quantitative estimate of drug-likeness (QED) is 0.266. The van der Waals surface area contributed by atoms with Gasteiger partial charge in [-0.05, 0) is 61.5 Å². The van der Waals surface area contributed by atoms with Gasteiger partial charge in [-0.15, -0.1) is 0 Å². The summed E-state index contributed by atoms with van der Waals surface area (Å²) in [7, 11) is 5.83. The fourth-order valence-corrected chi connectivity index (χ4v) is 5.46. The Morgan fingerprint density at radius 2 is 1.83 bits per heavy atom. The fourth-order valence-electron chi connectivity index (χ4n) is 5.46. The van der Waals surface area contributed by atoms with E-state index in [0.717, 1.165) is 57.7 Å². The highest BCUT2D eigenvalue weighted by Crippen LogP contribution is 2.66. The van der Waals surface area contributed by atoms with Gasteiger partial charge in [-0.1, -0.05) is 48.5 Å². The molecule has 11 heteroatoms. The van der Waals surface area contributed by atoms with Gasteiger partial charge in [-0.2, -0.15) is 18.3 Å². The Balaban J connectivity index is 0.000000451. The SMILES string of the molecule is COc1cc2c(/C=C/c3ccc(CN(C)C)cc3)n[nH]c2cc1[C@H]1C[C@]12C(=O)Nc1ccccc12.O=C(O)C(F)(F)F. The number of aromatic amines is 1. The maximum absolute atomic E-state index is 13.0. The molecule has 0 radical (unpaired) electrons. The molecule has 3 N–H and O–H groups in total. The second-order valence-corrected chi connectivity index (χ2v) is 10.6. The Kier molecular flexibility index (Phi) is 7.55. The van der Waals surface area contributed by atoms with Gasteiger partial charge in [0.2, 0.25) is 5.91 Å². The number of amides is 1. The summed E-state index contributed by atoms with van der Waals surface area (Å²) in [5.41, 5.74) is 6.75. The molecule has 2 atom stereocenters. The Labute approximate surface area is 239 Å². The van der Waals surface area contributed by atoms with Crippen LogP contribution >= 0.6 is 0 Å². The summed E-state index contributed by atoms with van der Waals surface area (Å²) >= 11 is 0. The van der Waals surface area contributed by atoms with E-state index in [-0.39, 0.29) is 11.8 Å². The van der Waals surface area contributed by atoms with Crippen LogP contribution in [0.1, 0.15) is 40.3 Å². The van der Waals surface area contributed by atoms with E-state index in [1.807, 2.05) is 30.3 Å². The number of carbonyl (C=O) groups is 2. The molecule has 1 aromatic heterocycles. The third-order valence-corrected chi connectivity index (χ3v) is 7.49. The number of aliphatic carboxylic acids is 1. The van der Waals surface area contributed by atoms with Crippen molar-refractivity contribution in [3.05, 3.63) is 88.6 Å². The monoisotopic (exact) mass is 578 g/mol. The first kappa shape index (κ1) is 28.9. The van der Waals surface area contributed by atoms with E-state index in [9.17, 15) is 18.0 Å². The molecule has 3 aromatic carbocycles. The maximum Gasteiger partial charge on any atom is 0.490 e. The number of benzene rings is 3. The van der Waals surface area contributed by atoms with Gasteiger partial charge in [-0.25, -0.2) is 4.79 Å². The molecule has 1 spiro atoms. The number of anilines is 1. The van der Waals surface area contributed by atoms with Crippen molar-refractivity contribution in [2.24, 2.45) is 0 Å². The number of ether oxygens (including phenoxy) is 1. The minimum Gasteiger partial charge on any atom is -0.496 e. The number of alkyl halides is 3. The maximum atomic E-state index is 13.0. The molecule has 1 saturated carbocycles. The lowest BCUT2D eigenvalue weighted by Gasteiger charge is -2.12. The van der Waals surface area contributed by atoms with E-state index in [1.54, 1.807) is 7.11 Å². The van der Waals surface area contributed by atoms with E-state index in [4.69, 9.17) is 14.6 Å². The number of carboxylic acids is 1. The van der Waals surface area contributed by atoms with Crippen LogP contribution in [0.2, 0.25) is 0 Å². The first-order valence-corrected chi connectivity index (χ1v) is 13.1. The van der Waals surface area contributed by atoms with Crippen LogP contribution in [0.4, 0.5) is 18.9 Å². The zero-order chi connectivity index (χ0) is 30.2. The number of para-hydroxylation sites is 1. The molecule has 42 heavy (non-hydrogen) atoms. The number of nitrogens with zero attached hydrogens (tertiary/aromatic N) is 2. The number of methoxy groups -OCH3 is 1. The van der Waals surface area contributed by atoms with Crippen molar-refractivity contribution < 1.29 is 32.6 Å². The summed E-state index contributed by atoms with van der Waals surface area (Å²) in [6.45, 7) is 0.922. The van der Waals surface area contributed by atoms with Crippen molar-refractivity contribution in [3.8, 4) is 5.75 Å². The normalized spacial score (nSPS) is 19.1. The first-order valence-electron chi connectivity index (χ1n) is 13.1. The molecule has 1 aliphatic carbocycles. The summed E-state index contributed by atoms with van der Waals surface area (Å²) in [5, 5.41) is 18.9. The number of hydrogen-bond donors (Lipinski definition) is 3. The molecule has 1 aliphatic heterocycles. The van der Waals surface area contributed by atoms with Gasteiger partial charge in [0.25, 0.3) is 0 Å². The standard InChI is InChI=1S/C29H28N4O2.C2HF3O2/c1-33(2)17-19-10-8-18(9-11-19)12-13-24-21-15-27(35-3)20(14-26(21)32-31-24)23-16-29(23)22-6-4-5-7-25(22)30-28(29)34;3-2(4,5)1(6)7/h4-15,23H,16-17H2,1-3H3,(H,30,34)(H,31,32);(H,6,7)/b13-12+;/t23-,29-;/m1./s1. The number of nitrogens with one attached hydrogen (secondary N) is 2. The number of rotatable bonds is 6. The van der Waals surface area contributed by atoms with Crippen molar-refractivity contribution >= 4 is 40.6 Å². The Morgan fingerprint density at radius 3 is 2.48 bits per heavy atom. The molecule has 0 unspecified atom stereocenters. The van der Waals surface area contributed by atoms with Crippen LogP contribution in [0.25, 0.3) is 23.1 Å². The van der Waals surface area contributed by atoms with Gasteiger partial charge in [0, 0.05) is 29.1 Å². The summed E-state index contributed by atoms with van der Waals surface area (Å²) in [6, 6.07) is 20.7. The van der Waals surface area contributed by atoms with Crippen LogP contribution in [-0.4, -0.2) is 59.5 Å². The summed E-state index contributed by atoms with van der Waals surface area (Å²) < 4.78 is 37.5. The number of carbonyl (C=O) groups excluding carboxylic acids is 1. The van der Waals surface area contributed by atoms with Crippen LogP contribution in [-0.2, 0) is 21.5 Å². The van der Waals surface area contributed by atoms with Gasteiger partial charge in [0.05, 0.1) is 23.7 Å². The van der Waals surface area contributed by atoms with Gasteiger partial charge in [-0.3, -0.25) is 9.89 Å². The largest absolute Gasteiger partial charge is 0.496 e. The number of halogens is 3. The van der Waals surface area contributed by atoms with Gasteiger partial charge in [0.15, 0.2) is 0 Å². The first-order chi connectivity index (χ1) is 19.9. The Hall–Kier alpha value is -4.64. The third-order valence-electron chi connectivity index (χ3n) is 7.49. The van der Waals surface area contributed by atoms with E-state index in [1.165, 1.54) is 5.56 Å². The lowest BCUT2D eigenvalue weighted by Crippen LogP contribution is -2.21. The van der Waals surface area contributed by atoms with Gasteiger partial charge in [0.1, 0.15) is 5.75 Å². The average Bonchev–Trinajstić information content (AvgIpc) is 3.48. The van der Waals surface area contributed by atoms with E-state index >= 15 is 0 Å². The number of aromatic nitrogens is 2. The van der Waals surface area contributed by atoms with Crippen molar-refractivity contribution in [2.45, 2.75) is 30.5 Å². The smallest absolute Gasteiger partial charge is 0.490 e. The van der Waals surface area contributed by atoms with Crippen molar-refractivity contribution in [3.63, 3.8) is 0 Å². The second kappa shape index (κ2) is 11.0. The lowest BCUT2D eigenvalue weighted by molar-refractivity contribution is -0.192. The number of H-pyrrole nitrogens is 1. The highest BCUT2D eigenvalue weighted by atomic mass is 19.4. The van der Waals surface area contributed by atoms with Gasteiger partial charge >= 0.3 is 12.1 Å². The average molecular weight is 579 g/mol. The molecule has 1 fully saturated rings. The molecule has 2 heterocycles. The van der Waals surface area contributed by atoms with Crippen LogP contribution < -0.4 is 10.1 Å². The molecule has 1 amide bonds. The molecule has 4 aromatic rings. The number of carboxylic acid groups (broad SMARTS) is 1. The molecule has 2 aliphatic rings. The topological polar surface area (TPSA) is 108 Å². The Morgan fingerprint density at radius 1 is 1.14 bits per heavy atom. The van der Waals surface area contributed by atoms with Crippen molar-refractivity contribution in [2.75, 3.05) is 26.5 Å². The molecule has 218 valence electrons. The molecule has 0 bridgehead atoms. The molecule has 0 saturated heterocycles. The van der Waals surface area contributed by atoms with Gasteiger partial charge < -0.3 is 20.1 Å². The predicted molar refractivity (Wildman–Crippen MR) is 153 cm³/mol. The van der Waals surface area contributed by atoms with Crippen LogP contribution in [0.5, 0.6) is 5.75 Å². The molecule has 8 nitrogen and oxygen atoms in total. The van der Waals surface area contributed by atoms with Crippen molar-refractivity contribution in [1.29, 1.82) is 0 Å². The third kappa shape index (κ3) is 5.47. The van der Waals surface area contributed by atoms with Crippen LogP contribution in [0.3, 0.4) is 0 Å². The van der Waals surface area contributed by atoms with E-state index in [2.05, 4.69) is 77.0 Å². The minimum absolute atomic E-state index is 0.0773. The predicted octanol–water partition coefficient (Wildman–Crippen LogP) is 5.81. The number of fused-ring (bicyclic) bond motifs is 3. The fraction of sp³-hybridized carbons (Fsp3) is 0.258. The molecular weight excluding hydrogens is 549 g/mol. The summed E-state index contributed by atoms with van der Waals surface area (Å²) in [6.07, 6.45) is -0.203. The molecule has 6 rings (SSSR count). The van der Waals surface area contributed by atoms with E-state index in [0.29, 0.717) is 0 Å². The minimum atomic E-state index is -5.08. The van der Waals surface area contributed by atoms with E-state index < -0.39 is 17.6 Å². The summed E-state index contributed by atoms with van der Waals surface area (Å²) in [4.78, 5) is 24.0. The zero-order valence-electron chi connectivity index (χ0n) is 23.1. The van der Waals surface area contributed by atoms with Crippen molar-refractivity contribution in [1.82, 2.24) is 15.1 Å².